The van der Waals surface area contributed by atoms with Gasteiger partial charge in [0.05, 0.1) is 25.4 Å². The number of nitrogens with one attached hydrogen (secondary N) is 1. The summed E-state index contributed by atoms with van der Waals surface area (Å²) in [5.41, 5.74) is 0. The number of hydrogen-bond donors (Lipinski definition) is 3. The Kier molecular flexibility index (Phi) is 51.6. The number of esters is 1. The Bertz CT molecular complexity index is 982. The van der Waals surface area contributed by atoms with Gasteiger partial charge in [0.1, 0.15) is 0 Å². The molecule has 6 nitrogen and oxygen atoms in total. The molecule has 6 heteroatoms. The largest absolute Gasteiger partial charge is 0.466 e. The fourth-order valence-electron chi connectivity index (χ4n) is 8.63. The van der Waals surface area contributed by atoms with E-state index in [4.69, 9.17) is 4.74 Å². The number of aliphatic hydroxyl groups excluding tert-OH is 2. The second-order valence-corrected chi connectivity index (χ2v) is 19.3. The van der Waals surface area contributed by atoms with Crippen LogP contribution in [0, 0.1) is 0 Å². The van der Waals surface area contributed by atoms with Crippen molar-refractivity contribution in [3.8, 4) is 0 Å². The molecule has 0 saturated carbocycles. The lowest BCUT2D eigenvalue weighted by Crippen LogP contribution is -2.45. The lowest BCUT2D eigenvalue weighted by Gasteiger charge is -2.20. The summed E-state index contributed by atoms with van der Waals surface area (Å²) in [7, 11) is 0. The fourth-order valence-corrected chi connectivity index (χ4v) is 8.63. The van der Waals surface area contributed by atoms with E-state index in [0.29, 0.717) is 19.4 Å². The molecule has 2 unspecified atom stereocenters. The van der Waals surface area contributed by atoms with Gasteiger partial charge in [-0.25, -0.2) is 0 Å². The topological polar surface area (TPSA) is 95.9 Å². The zero-order chi connectivity index (χ0) is 45.8. The summed E-state index contributed by atoms with van der Waals surface area (Å²) in [6.07, 6.45) is 63.3. The highest BCUT2D eigenvalue weighted by Gasteiger charge is 2.18. The molecule has 0 aliphatic carbocycles. The third-order valence-corrected chi connectivity index (χ3v) is 13.0. The summed E-state index contributed by atoms with van der Waals surface area (Å²) in [5.74, 6) is -0.0845. The summed E-state index contributed by atoms with van der Waals surface area (Å²) < 4.78 is 5.46. The zero-order valence-corrected chi connectivity index (χ0v) is 42.3. The van der Waals surface area contributed by atoms with E-state index in [-0.39, 0.29) is 18.5 Å². The average molecular weight is 889 g/mol. The first-order valence-electron chi connectivity index (χ1n) is 28.1. The Labute approximate surface area is 392 Å². The van der Waals surface area contributed by atoms with Crippen LogP contribution >= 0.6 is 0 Å². The van der Waals surface area contributed by atoms with E-state index in [2.05, 4.69) is 31.3 Å². The van der Waals surface area contributed by atoms with E-state index in [0.717, 1.165) is 51.4 Å². The Hall–Kier alpha value is -1.66. The maximum absolute atomic E-state index is 12.5. The van der Waals surface area contributed by atoms with E-state index in [1.54, 1.807) is 6.08 Å². The Morgan fingerprint density at radius 1 is 0.429 bits per heavy atom. The molecule has 0 radical (unpaired) electrons. The van der Waals surface area contributed by atoms with Gasteiger partial charge >= 0.3 is 5.97 Å². The predicted molar refractivity (Wildman–Crippen MR) is 273 cm³/mol. The lowest BCUT2D eigenvalue weighted by atomic mass is 10.0. The van der Waals surface area contributed by atoms with Crippen molar-refractivity contribution >= 4 is 11.9 Å². The van der Waals surface area contributed by atoms with Crippen molar-refractivity contribution in [1.29, 1.82) is 0 Å². The van der Waals surface area contributed by atoms with Gasteiger partial charge in [0, 0.05) is 12.8 Å². The number of aliphatic hydroxyl groups is 2. The smallest absolute Gasteiger partial charge is 0.305 e. The number of unbranched alkanes of at least 4 members (excludes halogenated alkanes) is 39. The number of ether oxygens (including phenoxy) is 1. The molecule has 0 aromatic carbocycles. The van der Waals surface area contributed by atoms with Crippen molar-refractivity contribution in [2.24, 2.45) is 0 Å². The van der Waals surface area contributed by atoms with Crippen molar-refractivity contribution in [1.82, 2.24) is 5.32 Å². The van der Waals surface area contributed by atoms with Crippen LogP contribution in [0.3, 0.4) is 0 Å². The van der Waals surface area contributed by atoms with Crippen LogP contribution in [0.25, 0.3) is 0 Å². The van der Waals surface area contributed by atoms with Gasteiger partial charge in [-0.05, 0) is 57.8 Å². The van der Waals surface area contributed by atoms with Crippen LogP contribution in [-0.2, 0) is 14.3 Å². The minimum absolute atomic E-state index is 0.00953. The molecule has 1 amide bonds. The highest BCUT2D eigenvalue weighted by atomic mass is 16.5. The highest BCUT2D eigenvalue weighted by molar-refractivity contribution is 5.76. The number of rotatable bonds is 52. The molecular formula is C57H109NO5. The van der Waals surface area contributed by atoms with Crippen LogP contribution in [0.15, 0.2) is 24.3 Å². The normalized spacial score (nSPS) is 12.8. The number of amides is 1. The van der Waals surface area contributed by atoms with Gasteiger partial charge in [0.25, 0.3) is 0 Å². The van der Waals surface area contributed by atoms with Crippen molar-refractivity contribution in [3.05, 3.63) is 24.3 Å². The molecule has 0 fully saturated rings. The van der Waals surface area contributed by atoms with E-state index < -0.39 is 12.1 Å². The van der Waals surface area contributed by atoms with E-state index in [1.807, 2.05) is 6.08 Å². The molecule has 0 heterocycles. The van der Waals surface area contributed by atoms with Crippen molar-refractivity contribution in [3.63, 3.8) is 0 Å². The van der Waals surface area contributed by atoms with Crippen molar-refractivity contribution < 1.29 is 24.5 Å². The molecule has 2 atom stereocenters. The molecule has 0 saturated heterocycles. The van der Waals surface area contributed by atoms with Crippen molar-refractivity contribution in [2.75, 3.05) is 13.2 Å². The maximum atomic E-state index is 12.5. The summed E-state index contributed by atoms with van der Waals surface area (Å²) in [5, 5.41) is 23.1. The quantitative estimate of drug-likeness (QED) is 0.0321. The van der Waals surface area contributed by atoms with Gasteiger partial charge in [-0.1, -0.05) is 256 Å². The molecule has 3 N–H and O–H groups in total. The highest BCUT2D eigenvalue weighted by Crippen LogP contribution is 2.17. The minimum Gasteiger partial charge on any atom is -0.466 e. The molecule has 372 valence electrons. The van der Waals surface area contributed by atoms with E-state index in [1.165, 1.54) is 225 Å². The summed E-state index contributed by atoms with van der Waals surface area (Å²) in [6, 6.07) is -0.634. The number of carbonyl (C=O) groups is 2. The van der Waals surface area contributed by atoms with E-state index >= 15 is 0 Å². The summed E-state index contributed by atoms with van der Waals surface area (Å²) in [6.45, 7) is 4.88. The van der Waals surface area contributed by atoms with Gasteiger partial charge in [-0.3, -0.25) is 9.59 Å². The first-order valence-corrected chi connectivity index (χ1v) is 28.1. The number of carbonyl (C=O) groups excluding carboxylic acids is 2. The monoisotopic (exact) mass is 888 g/mol. The Balaban J connectivity index is 3.47. The van der Waals surface area contributed by atoms with Gasteiger partial charge in [-0.2, -0.15) is 0 Å². The molecule has 0 aliphatic rings. The lowest BCUT2D eigenvalue weighted by molar-refractivity contribution is -0.143. The molecule has 0 aromatic rings. The fraction of sp³-hybridized carbons (Fsp3) is 0.895. The molecule has 0 spiro atoms. The van der Waals surface area contributed by atoms with Crippen LogP contribution in [-0.4, -0.2) is 47.4 Å². The van der Waals surface area contributed by atoms with Crippen LogP contribution in [0.5, 0.6) is 0 Å². The summed E-state index contributed by atoms with van der Waals surface area (Å²) >= 11 is 0. The Morgan fingerprint density at radius 2 is 0.746 bits per heavy atom. The van der Waals surface area contributed by atoms with Gasteiger partial charge < -0.3 is 20.3 Å². The van der Waals surface area contributed by atoms with Gasteiger partial charge in [-0.15, -0.1) is 0 Å². The minimum atomic E-state index is -0.850. The van der Waals surface area contributed by atoms with Crippen LogP contribution < -0.4 is 5.32 Å². The zero-order valence-electron chi connectivity index (χ0n) is 42.3. The molecule has 0 aromatic heterocycles. The van der Waals surface area contributed by atoms with Gasteiger partial charge in [0.2, 0.25) is 5.91 Å². The van der Waals surface area contributed by atoms with E-state index in [9.17, 15) is 19.8 Å². The standard InChI is InChI=1S/C57H109NO5/c1-3-5-7-9-11-13-15-17-18-19-20-22-26-29-33-37-41-45-49-55(60)54(53-59)58-56(61)50-46-42-38-34-30-27-23-21-24-28-32-36-40-44-48-52-63-57(62)51-47-43-39-35-31-25-16-14-12-10-8-6-4-2/h14,16,45,49,54-55,59-60H,3-13,15,17-44,46-48,50-53H2,1-2H3,(H,58,61)/b16-14-,49-45+. The first-order chi connectivity index (χ1) is 31.0. The van der Waals surface area contributed by atoms with Crippen LogP contribution in [0.2, 0.25) is 0 Å². The third-order valence-electron chi connectivity index (χ3n) is 13.0. The number of hydrogen-bond acceptors (Lipinski definition) is 5. The first kappa shape index (κ1) is 61.3. The summed E-state index contributed by atoms with van der Waals surface area (Å²) in [4.78, 5) is 24.5. The Morgan fingerprint density at radius 3 is 1.14 bits per heavy atom. The van der Waals surface area contributed by atoms with Gasteiger partial charge in [0.15, 0.2) is 0 Å². The average Bonchev–Trinajstić information content (AvgIpc) is 3.28. The molecule has 0 bridgehead atoms. The second-order valence-electron chi connectivity index (χ2n) is 19.3. The molecular weight excluding hydrogens is 779 g/mol. The van der Waals surface area contributed by atoms with Crippen molar-refractivity contribution in [2.45, 2.75) is 315 Å². The third kappa shape index (κ3) is 49.6. The van der Waals surface area contributed by atoms with Crippen LogP contribution in [0.4, 0.5) is 0 Å². The molecule has 0 rings (SSSR count). The van der Waals surface area contributed by atoms with Crippen LogP contribution in [0.1, 0.15) is 303 Å². The molecule has 63 heavy (non-hydrogen) atoms. The maximum Gasteiger partial charge on any atom is 0.305 e. The SMILES string of the molecule is CCCCCC/C=C\CCCCCCCC(=O)OCCCCCCCCCCCCCCCCCC(=O)NC(CO)C(O)/C=C/CCCCCCCCCCCCCCCCCC. The predicted octanol–water partition coefficient (Wildman–Crippen LogP) is 17.1. The second kappa shape index (κ2) is 53.0. The number of allylic oxidation sites excluding steroid dienone is 3. The molecule has 0 aliphatic heterocycles.